The van der Waals surface area contributed by atoms with Crippen LogP contribution in [0.3, 0.4) is 0 Å². The Hall–Kier alpha value is -1.37. The van der Waals surface area contributed by atoms with Crippen LogP contribution in [0.25, 0.3) is 0 Å². The van der Waals surface area contributed by atoms with Crippen LogP contribution in [0.15, 0.2) is 21.3 Å². The molecule has 19 heavy (non-hydrogen) atoms. The van der Waals surface area contributed by atoms with Gasteiger partial charge in [0.05, 0.1) is 12.1 Å². The van der Waals surface area contributed by atoms with Gasteiger partial charge in [-0.15, -0.1) is 0 Å². The first-order valence-corrected chi connectivity index (χ1v) is 6.71. The molecule has 0 aliphatic carbocycles. The second kappa shape index (κ2) is 4.96. The van der Waals surface area contributed by atoms with E-state index >= 15 is 0 Å². The number of hydrogen-bond acceptors (Lipinski definition) is 4. The van der Waals surface area contributed by atoms with Gasteiger partial charge in [-0.25, -0.2) is 0 Å². The van der Waals surface area contributed by atoms with E-state index in [0.717, 1.165) is 30.0 Å². The highest BCUT2D eigenvalue weighted by molar-refractivity contribution is 7.71. The Morgan fingerprint density at radius 3 is 3.00 bits per heavy atom. The molecule has 3 rings (SSSR count). The Kier molecular flexibility index (Phi) is 3.30. The molecule has 3 heterocycles. The van der Waals surface area contributed by atoms with Gasteiger partial charge in [-0.05, 0) is 36.0 Å². The van der Waals surface area contributed by atoms with Crippen LogP contribution >= 0.6 is 23.8 Å². The molecular weight excluding hydrogens is 286 g/mol. The molecule has 0 atom stereocenters. The highest BCUT2D eigenvalue weighted by atomic mass is 35.5. The number of halogens is 1. The van der Waals surface area contributed by atoms with Crippen molar-refractivity contribution < 1.29 is 4.42 Å². The fourth-order valence-corrected chi connectivity index (χ4v) is 2.68. The number of nitrogens with one attached hydrogen (secondary N) is 2. The maximum Gasteiger partial charge on any atom is 0.256 e. The molecule has 0 unspecified atom stereocenters. The molecule has 0 radical (unpaired) electrons. The molecule has 1 aliphatic heterocycles. The molecule has 0 bridgehead atoms. The van der Waals surface area contributed by atoms with Gasteiger partial charge in [-0.1, -0.05) is 0 Å². The second-order valence-corrected chi connectivity index (χ2v) is 5.31. The Balaban J connectivity index is 1.82. The number of aromatic amines is 2. The SMILES string of the molecule is O=c1[nH]c(=S)[nH]c2c1CN(Cc1ccc(Cl)o1)CC2. The molecule has 1 aliphatic rings. The van der Waals surface area contributed by atoms with Gasteiger partial charge in [0.15, 0.2) is 9.99 Å². The molecule has 2 aromatic rings. The van der Waals surface area contributed by atoms with Crippen LogP contribution in [-0.2, 0) is 19.5 Å². The maximum absolute atomic E-state index is 11.9. The minimum absolute atomic E-state index is 0.110. The van der Waals surface area contributed by atoms with Gasteiger partial charge in [0.1, 0.15) is 5.76 Å². The molecule has 0 spiro atoms. The summed E-state index contributed by atoms with van der Waals surface area (Å²) in [5.74, 6) is 0.800. The van der Waals surface area contributed by atoms with Crippen molar-refractivity contribution in [1.29, 1.82) is 0 Å². The first-order valence-electron chi connectivity index (χ1n) is 5.93. The molecule has 0 amide bonds. The summed E-state index contributed by atoms with van der Waals surface area (Å²) in [7, 11) is 0. The first kappa shape index (κ1) is 12.7. The van der Waals surface area contributed by atoms with Crippen molar-refractivity contribution in [2.24, 2.45) is 0 Å². The minimum Gasteiger partial charge on any atom is -0.448 e. The van der Waals surface area contributed by atoms with Gasteiger partial charge in [0.25, 0.3) is 5.56 Å². The van der Waals surface area contributed by atoms with E-state index in [-0.39, 0.29) is 5.56 Å². The summed E-state index contributed by atoms with van der Waals surface area (Å²) in [5, 5.41) is 0.384. The van der Waals surface area contributed by atoms with Crippen molar-refractivity contribution in [2.75, 3.05) is 6.54 Å². The highest BCUT2D eigenvalue weighted by Gasteiger charge is 2.20. The van der Waals surface area contributed by atoms with Crippen LogP contribution in [-0.4, -0.2) is 21.4 Å². The van der Waals surface area contributed by atoms with Crippen LogP contribution in [0.1, 0.15) is 17.0 Å². The number of nitrogens with zero attached hydrogens (tertiary/aromatic N) is 1. The summed E-state index contributed by atoms with van der Waals surface area (Å²) >= 11 is 10.7. The van der Waals surface area contributed by atoms with E-state index in [0.29, 0.717) is 23.1 Å². The lowest BCUT2D eigenvalue weighted by Gasteiger charge is -2.26. The van der Waals surface area contributed by atoms with Crippen LogP contribution in [0.2, 0.25) is 5.22 Å². The number of rotatable bonds is 2. The first-order chi connectivity index (χ1) is 9.11. The number of furan rings is 1. The smallest absolute Gasteiger partial charge is 0.256 e. The zero-order chi connectivity index (χ0) is 13.4. The lowest BCUT2D eigenvalue weighted by atomic mass is 10.1. The van der Waals surface area contributed by atoms with Crippen LogP contribution < -0.4 is 5.56 Å². The average molecular weight is 298 g/mol. The number of aromatic nitrogens is 2. The van der Waals surface area contributed by atoms with E-state index in [4.69, 9.17) is 28.2 Å². The van der Waals surface area contributed by atoms with Gasteiger partial charge < -0.3 is 9.40 Å². The Bertz CT molecular complexity index is 718. The van der Waals surface area contributed by atoms with Gasteiger partial charge in [0.2, 0.25) is 0 Å². The summed E-state index contributed by atoms with van der Waals surface area (Å²) in [5.41, 5.74) is 1.57. The Morgan fingerprint density at radius 2 is 2.26 bits per heavy atom. The molecule has 7 heteroatoms. The van der Waals surface area contributed by atoms with Gasteiger partial charge in [0, 0.05) is 25.2 Å². The highest BCUT2D eigenvalue weighted by Crippen LogP contribution is 2.19. The third kappa shape index (κ3) is 2.65. The van der Waals surface area contributed by atoms with E-state index in [2.05, 4.69) is 14.9 Å². The fraction of sp³-hybridized carbons (Fsp3) is 0.333. The van der Waals surface area contributed by atoms with E-state index in [1.165, 1.54) is 0 Å². The third-order valence-electron chi connectivity index (χ3n) is 3.20. The molecule has 2 N–H and O–H groups in total. The zero-order valence-electron chi connectivity index (χ0n) is 10.0. The average Bonchev–Trinajstić information content (AvgIpc) is 2.75. The van der Waals surface area contributed by atoms with Crippen LogP contribution in [0.4, 0.5) is 0 Å². The second-order valence-electron chi connectivity index (χ2n) is 4.53. The summed E-state index contributed by atoms with van der Waals surface area (Å²) in [6, 6.07) is 3.57. The van der Waals surface area contributed by atoms with Crippen molar-refractivity contribution in [3.8, 4) is 0 Å². The third-order valence-corrected chi connectivity index (χ3v) is 3.61. The molecule has 100 valence electrons. The Labute approximate surface area is 119 Å². The maximum atomic E-state index is 11.9. The summed E-state index contributed by atoms with van der Waals surface area (Å²) in [4.78, 5) is 19.7. The van der Waals surface area contributed by atoms with Gasteiger partial charge in [-0.3, -0.25) is 14.7 Å². The zero-order valence-corrected chi connectivity index (χ0v) is 11.6. The van der Waals surface area contributed by atoms with Gasteiger partial charge in [-0.2, -0.15) is 0 Å². The van der Waals surface area contributed by atoms with E-state index in [9.17, 15) is 4.79 Å². The van der Waals surface area contributed by atoms with Crippen LogP contribution in [0, 0.1) is 4.77 Å². The molecule has 0 aromatic carbocycles. The normalized spacial score (nSPS) is 15.4. The predicted molar refractivity (Wildman–Crippen MR) is 73.8 cm³/mol. The van der Waals surface area contributed by atoms with E-state index in [1.807, 2.05) is 6.07 Å². The summed E-state index contributed by atoms with van der Waals surface area (Å²) in [6.45, 7) is 2.07. The predicted octanol–water partition coefficient (Wildman–Crippen LogP) is 2.24. The molecule has 0 saturated carbocycles. The lowest BCUT2D eigenvalue weighted by Crippen LogP contribution is -2.35. The number of fused-ring (bicyclic) bond motifs is 1. The molecular formula is C12H12ClN3O2S. The van der Waals surface area contributed by atoms with Crippen molar-refractivity contribution in [2.45, 2.75) is 19.5 Å². The molecule has 0 fully saturated rings. The van der Waals surface area contributed by atoms with Crippen LogP contribution in [0.5, 0.6) is 0 Å². The molecule has 5 nitrogen and oxygen atoms in total. The summed E-state index contributed by atoms with van der Waals surface area (Å²) in [6.07, 6.45) is 0.775. The fourth-order valence-electron chi connectivity index (χ4n) is 2.30. The standard InChI is InChI=1S/C12H12ClN3O2S/c13-10-2-1-7(18-10)5-16-4-3-9-8(6-16)11(17)15-12(19)14-9/h1-2H,3-6H2,(H2,14,15,17,19). The minimum atomic E-state index is -0.110. The monoisotopic (exact) mass is 297 g/mol. The van der Waals surface area contributed by atoms with Gasteiger partial charge >= 0.3 is 0 Å². The quantitative estimate of drug-likeness (QED) is 0.834. The van der Waals surface area contributed by atoms with E-state index < -0.39 is 0 Å². The topological polar surface area (TPSA) is 65.0 Å². The molecule has 0 saturated heterocycles. The van der Waals surface area contributed by atoms with Crippen molar-refractivity contribution in [3.63, 3.8) is 0 Å². The van der Waals surface area contributed by atoms with Crippen molar-refractivity contribution in [1.82, 2.24) is 14.9 Å². The molecule has 2 aromatic heterocycles. The number of hydrogen-bond donors (Lipinski definition) is 2. The number of H-pyrrole nitrogens is 2. The van der Waals surface area contributed by atoms with E-state index in [1.54, 1.807) is 6.07 Å². The Morgan fingerprint density at radius 1 is 1.42 bits per heavy atom. The van der Waals surface area contributed by atoms with Crippen molar-refractivity contribution >= 4 is 23.8 Å². The largest absolute Gasteiger partial charge is 0.448 e. The van der Waals surface area contributed by atoms with Crippen molar-refractivity contribution in [3.05, 3.63) is 49.5 Å². The summed E-state index contributed by atoms with van der Waals surface area (Å²) < 4.78 is 5.72. The lowest BCUT2D eigenvalue weighted by molar-refractivity contribution is 0.222.